The van der Waals surface area contributed by atoms with Crippen LogP contribution in [0.5, 0.6) is 0 Å². The number of aromatic nitrogens is 2. The van der Waals surface area contributed by atoms with Crippen LogP contribution >= 0.6 is 0 Å². The van der Waals surface area contributed by atoms with Gasteiger partial charge >= 0.3 is 0 Å². The lowest BCUT2D eigenvalue weighted by molar-refractivity contribution is -0.134. The minimum Gasteiger partial charge on any atom is -0.375 e. The summed E-state index contributed by atoms with van der Waals surface area (Å²) in [7, 11) is 3.60. The lowest BCUT2D eigenvalue weighted by atomic mass is 9.94. The van der Waals surface area contributed by atoms with Crippen molar-refractivity contribution in [2.75, 3.05) is 26.8 Å². The standard InChI is InChI=1S/C18H21N3O2/c1-20-15-8-13-9-21(16(22)11-23-2)10-14(13)17(15)18(19-20)12-6-4-3-5-7-12/h3-7,13-14H,8-11H2,1-2H3/t13-,14+/m1/s1. The highest BCUT2D eigenvalue weighted by Gasteiger charge is 2.44. The van der Waals surface area contributed by atoms with Crippen LogP contribution in [0.25, 0.3) is 11.3 Å². The van der Waals surface area contributed by atoms with Crippen LogP contribution in [-0.2, 0) is 23.0 Å². The van der Waals surface area contributed by atoms with Gasteiger partial charge in [-0.25, -0.2) is 0 Å². The highest BCUT2D eigenvalue weighted by molar-refractivity contribution is 5.78. The summed E-state index contributed by atoms with van der Waals surface area (Å²) < 4.78 is 7.02. The van der Waals surface area contributed by atoms with Gasteiger partial charge in [-0.05, 0) is 12.3 Å². The highest BCUT2D eigenvalue weighted by Crippen LogP contribution is 2.46. The van der Waals surface area contributed by atoms with Gasteiger partial charge in [-0.1, -0.05) is 30.3 Å². The van der Waals surface area contributed by atoms with Gasteiger partial charge in [0.25, 0.3) is 0 Å². The molecule has 1 fully saturated rings. The number of aryl methyl sites for hydroxylation is 1. The molecule has 0 spiro atoms. The summed E-state index contributed by atoms with van der Waals surface area (Å²) in [6.07, 6.45) is 1.01. The summed E-state index contributed by atoms with van der Waals surface area (Å²) in [5.41, 5.74) is 4.91. The second-order valence-corrected chi connectivity index (χ2v) is 6.50. The molecule has 1 aromatic carbocycles. The van der Waals surface area contributed by atoms with Crippen LogP contribution in [0.3, 0.4) is 0 Å². The zero-order chi connectivity index (χ0) is 16.0. The first-order chi connectivity index (χ1) is 11.2. The quantitative estimate of drug-likeness (QED) is 0.869. The van der Waals surface area contributed by atoms with Crippen molar-refractivity contribution in [3.8, 4) is 11.3 Å². The second-order valence-electron chi connectivity index (χ2n) is 6.50. The first-order valence-electron chi connectivity index (χ1n) is 8.07. The molecule has 23 heavy (non-hydrogen) atoms. The molecule has 2 aliphatic rings. The zero-order valence-corrected chi connectivity index (χ0v) is 13.5. The van der Waals surface area contributed by atoms with E-state index in [0.29, 0.717) is 11.8 Å². The maximum atomic E-state index is 12.1. The molecule has 1 saturated heterocycles. The van der Waals surface area contributed by atoms with Crippen molar-refractivity contribution in [1.82, 2.24) is 14.7 Å². The molecule has 4 rings (SSSR count). The van der Waals surface area contributed by atoms with Crippen LogP contribution in [0.2, 0.25) is 0 Å². The van der Waals surface area contributed by atoms with E-state index < -0.39 is 0 Å². The first-order valence-corrected chi connectivity index (χ1v) is 8.07. The molecule has 5 nitrogen and oxygen atoms in total. The van der Waals surface area contributed by atoms with Gasteiger partial charge in [-0.3, -0.25) is 9.48 Å². The number of hydrogen-bond acceptors (Lipinski definition) is 3. The van der Waals surface area contributed by atoms with Crippen molar-refractivity contribution in [1.29, 1.82) is 0 Å². The van der Waals surface area contributed by atoms with Crippen LogP contribution in [-0.4, -0.2) is 47.4 Å². The monoisotopic (exact) mass is 311 g/mol. The molecule has 1 aliphatic carbocycles. The van der Waals surface area contributed by atoms with Crippen LogP contribution in [0.4, 0.5) is 0 Å². The Kier molecular flexibility index (Phi) is 3.45. The van der Waals surface area contributed by atoms with Crippen LogP contribution in [0.15, 0.2) is 30.3 Å². The summed E-state index contributed by atoms with van der Waals surface area (Å²) in [5.74, 6) is 1.00. The molecule has 120 valence electrons. The Bertz CT molecular complexity index is 738. The Morgan fingerprint density at radius 1 is 1.30 bits per heavy atom. The van der Waals surface area contributed by atoms with E-state index in [9.17, 15) is 4.79 Å². The molecule has 1 aliphatic heterocycles. The summed E-state index contributed by atoms with van der Waals surface area (Å²) in [4.78, 5) is 14.1. The Labute approximate surface area is 135 Å². The van der Waals surface area contributed by atoms with E-state index in [2.05, 4.69) is 12.1 Å². The van der Waals surface area contributed by atoms with Crippen molar-refractivity contribution in [2.24, 2.45) is 13.0 Å². The fraction of sp³-hybridized carbons (Fsp3) is 0.444. The number of rotatable bonds is 3. The van der Waals surface area contributed by atoms with Crippen molar-refractivity contribution in [3.05, 3.63) is 41.6 Å². The van der Waals surface area contributed by atoms with Gasteiger partial charge in [-0.15, -0.1) is 0 Å². The third kappa shape index (κ3) is 2.27. The van der Waals surface area contributed by atoms with Gasteiger partial charge in [0, 0.05) is 50.0 Å². The van der Waals surface area contributed by atoms with Gasteiger partial charge in [0.05, 0.1) is 5.69 Å². The molecule has 0 saturated carbocycles. The third-order valence-corrected chi connectivity index (χ3v) is 5.14. The average Bonchev–Trinajstić information content (AvgIpc) is 3.19. The summed E-state index contributed by atoms with van der Waals surface area (Å²) in [6, 6.07) is 10.3. The van der Waals surface area contributed by atoms with E-state index in [-0.39, 0.29) is 12.5 Å². The van der Waals surface area contributed by atoms with Gasteiger partial charge in [0.2, 0.25) is 5.91 Å². The number of carbonyl (C=O) groups is 1. The minimum atomic E-state index is 0.0913. The minimum absolute atomic E-state index is 0.0913. The molecule has 0 bridgehead atoms. The second kappa shape index (κ2) is 5.49. The van der Waals surface area contributed by atoms with Crippen LogP contribution in [0, 0.1) is 5.92 Å². The van der Waals surface area contributed by atoms with Gasteiger partial charge in [-0.2, -0.15) is 5.10 Å². The van der Waals surface area contributed by atoms with Crippen molar-refractivity contribution in [3.63, 3.8) is 0 Å². The van der Waals surface area contributed by atoms with Gasteiger partial charge in [0.15, 0.2) is 0 Å². The number of likely N-dealkylation sites (tertiary alicyclic amines) is 1. The van der Waals surface area contributed by atoms with Crippen molar-refractivity contribution in [2.45, 2.75) is 12.3 Å². The normalized spacial score (nSPS) is 22.3. The predicted octanol–water partition coefficient (Wildman–Crippen LogP) is 1.83. The third-order valence-electron chi connectivity index (χ3n) is 5.14. The Morgan fingerprint density at radius 2 is 2.09 bits per heavy atom. The summed E-state index contributed by atoms with van der Waals surface area (Å²) >= 11 is 0. The van der Waals surface area contributed by atoms with E-state index >= 15 is 0 Å². The number of ether oxygens (including phenoxy) is 1. The molecule has 1 aromatic heterocycles. The maximum absolute atomic E-state index is 12.1. The predicted molar refractivity (Wildman–Crippen MR) is 87.0 cm³/mol. The number of carbonyl (C=O) groups excluding carboxylic acids is 1. The highest BCUT2D eigenvalue weighted by atomic mass is 16.5. The largest absolute Gasteiger partial charge is 0.375 e. The molecule has 2 atom stereocenters. The number of benzene rings is 1. The molecule has 1 amide bonds. The zero-order valence-electron chi connectivity index (χ0n) is 13.5. The molecule has 5 heteroatoms. The molecule has 2 heterocycles. The van der Waals surface area contributed by atoms with Gasteiger partial charge in [0.1, 0.15) is 6.61 Å². The molecule has 0 N–H and O–H groups in total. The molecular weight excluding hydrogens is 290 g/mol. The molecule has 0 unspecified atom stereocenters. The lowest BCUT2D eigenvalue weighted by Gasteiger charge is -2.16. The number of amides is 1. The summed E-state index contributed by atoms with van der Waals surface area (Å²) in [5, 5.41) is 4.76. The molecule has 2 aromatic rings. The fourth-order valence-corrected chi connectivity index (χ4v) is 4.09. The SMILES string of the molecule is COCC(=O)N1C[C@H]2Cc3c(c(-c4ccccc4)nn3C)[C@H]2C1. The number of methoxy groups -OCH3 is 1. The van der Waals surface area contributed by atoms with E-state index in [0.717, 1.165) is 30.8 Å². The maximum Gasteiger partial charge on any atom is 0.248 e. The Hall–Kier alpha value is -2.14. The van der Waals surface area contributed by atoms with Gasteiger partial charge < -0.3 is 9.64 Å². The fourth-order valence-electron chi connectivity index (χ4n) is 4.09. The molecule has 0 radical (unpaired) electrons. The Morgan fingerprint density at radius 3 is 2.83 bits per heavy atom. The number of fused-ring (bicyclic) bond motifs is 3. The Balaban J connectivity index is 1.68. The topological polar surface area (TPSA) is 47.4 Å². The molecular formula is C18H21N3O2. The number of hydrogen-bond donors (Lipinski definition) is 0. The average molecular weight is 311 g/mol. The van der Waals surface area contributed by atoms with E-state index in [1.807, 2.05) is 34.8 Å². The first kappa shape index (κ1) is 14.5. The van der Waals surface area contributed by atoms with Crippen molar-refractivity contribution >= 4 is 5.91 Å². The van der Waals surface area contributed by atoms with Crippen LogP contribution in [0.1, 0.15) is 17.2 Å². The number of nitrogens with zero attached hydrogens (tertiary/aromatic N) is 3. The van der Waals surface area contributed by atoms with Crippen molar-refractivity contribution < 1.29 is 9.53 Å². The summed E-state index contributed by atoms with van der Waals surface area (Å²) in [6.45, 7) is 1.78. The van der Waals surface area contributed by atoms with E-state index in [1.165, 1.54) is 11.3 Å². The van der Waals surface area contributed by atoms with Crippen LogP contribution < -0.4 is 0 Å². The smallest absolute Gasteiger partial charge is 0.248 e. The van der Waals surface area contributed by atoms with E-state index in [1.54, 1.807) is 7.11 Å². The lowest BCUT2D eigenvalue weighted by Crippen LogP contribution is -2.32. The van der Waals surface area contributed by atoms with E-state index in [4.69, 9.17) is 9.84 Å².